The van der Waals surface area contributed by atoms with E-state index in [-0.39, 0.29) is 45.4 Å². The van der Waals surface area contributed by atoms with Gasteiger partial charge in [-0.1, -0.05) is 36.4 Å². The highest BCUT2D eigenvalue weighted by Crippen LogP contribution is 2.33. The van der Waals surface area contributed by atoms with Gasteiger partial charge in [0.2, 0.25) is 15.9 Å². The van der Waals surface area contributed by atoms with Gasteiger partial charge in [0, 0.05) is 23.2 Å². The summed E-state index contributed by atoms with van der Waals surface area (Å²) in [6, 6.07) is 16.3. The Morgan fingerprint density at radius 2 is 1.57 bits per heavy atom. The van der Waals surface area contributed by atoms with Gasteiger partial charge in [-0.3, -0.25) is 14.4 Å². The number of benzene rings is 3. The number of sulfonamides is 1. The lowest BCUT2D eigenvalue weighted by Gasteiger charge is -2.25. The maximum Gasteiger partial charge on any atom is 0.243 e. The van der Waals surface area contributed by atoms with E-state index in [2.05, 4.69) is 5.32 Å². The van der Waals surface area contributed by atoms with Gasteiger partial charge in [0.05, 0.1) is 23.3 Å². The number of hydrogen-bond donors (Lipinski definition) is 1. The monoisotopic (exact) mass is 490 g/mol. The van der Waals surface area contributed by atoms with Crippen LogP contribution in [0, 0.1) is 0 Å². The highest BCUT2D eigenvalue weighted by molar-refractivity contribution is 7.89. The summed E-state index contributed by atoms with van der Waals surface area (Å²) in [5.74, 6) is -0.683. The van der Waals surface area contributed by atoms with Gasteiger partial charge in [-0.15, -0.1) is 0 Å². The molecule has 0 saturated carbocycles. The van der Waals surface area contributed by atoms with E-state index in [1.54, 1.807) is 54.6 Å². The maximum atomic E-state index is 13.3. The third-order valence-corrected chi connectivity index (χ3v) is 8.31. The van der Waals surface area contributed by atoms with E-state index in [4.69, 9.17) is 4.74 Å². The first-order valence-corrected chi connectivity index (χ1v) is 12.5. The van der Waals surface area contributed by atoms with Crippen LogP contribution in [0.4, 0.5) is 5.69 Å². The first kappa shape index (κ1) is 22.9. The molecular weight excluding hydrogens is 468 g/mol. The van der Waals surface area contributed by atoms with Crippen LogP contribution in [-0.2, 0) is 14.8 Å². The molecular formula is C26H22N2O6S. The number of ether oxygens (including phenoxy) is 1. The van der Waals surface area contributed by atoms with Crippen molar-refractivity contribution in [2.75, 3.05) is 19.0 Å². The number of rotatable bonds is 5. The molecule has 0 spiro atoms. The van der Waals surface area contributed by atoms with Gasteiger partial charge >= 0.3 is 0 Å². The van der Waals surface area contributed by atoms with Crippen LogP contribution in [0.3, 0.4) is 0 Å². The summed E-state index contributed by atoms with van der Waals surface area (Å²) >= 11 is 0. The van der Waals surface area contributed by atoms with Crippen molar-refractivity contribution in [1.82, 2.24) is 4.31 Å². The van der Waals surface area contributed by atoms with E-state index < -0.39 is 22.0 Å². The minimum absolute atomic E-state index is 0.0625. The van der Waals surface area contributed by atoms with Gasteiger partial charge in [0.15, 0.2) is 11.6 Å². The van der Waals surface area contributed by atoms with Crippen LogP contribution < -0.4 is 10.1 Å². The number of nitrogens with one attached hydrogen (secondary N) is 1. The van der Waals surface area contributed by atoms with Crippen LogP contribution in [-0.4, -0.2) is 49.9 Å². The Morgan fingerprint density at radius 1 is 0.914 bits per heavy atom. The smallest absolute Gasteiger partial charge is 0.243 e. The van der Waals surface area contributed by atoms with Crippen molar-refractivity contribution in [3.05, 3.63) is 89.0 Å². The van der Waals surface area contributed by atoms with E-state index in [9.17, 15) is 22.8 Å². The molecule has 1 amide bonds. The molecule has 1 fully saturated rings. The lowest BCUT2D eigenvalue weighted by atomic mass is 9.83. The number of hydrogen-bond acceptors (Lipinski definition) is 6. The Bertz CT molecular complexity index is 1460. The van der Waals surface area contributed by atoms with Crippen LogP contribution in [0.25, 0.3) is 0 Å². The van der Waals surface area contributed by atoms with Gasteiger partial charge < -0.3 is 10.1 Å². The van der Waals surface area contributed by atoms with Crippen LogP contribution in [0.1, 0.15) is 44.7 Å². The van der Waals surface area contributed by atoms with Crippen molar-refractivity contribution < 1.29 is 27.5 Å². The Hall–Kier alpha value is -3.82. The summed E-state index contributed by atoms with van der Waals surface area (Å²) in [5.41, 5.74) is 1.11. The molecule has 178 valence electrons. The van der Waals surface area contributed by atoms with E-state index in [1.807, 2.05) is 0 Å². The number of amides is 1. The summed E-state index contributed by atoms with van der Waals surface area (Å²) in [6.45, 7) is 0.199. The molecule has 5 rings (SSSR count). The van der Waals surface area contributed by atoms with Gasteiger partial charge in [0.25, 0.3) is 0 Å². The normalized spacial score (nSPS) is 17.6. The van der Waals surface area contributed by atoms with Crippen LogP contribution in [0.5, 0.6) is 5.75 Å². The van der Waals surface area contributed by atoms with E-state index in [0.29, 0.717) is 24.2 Å². The average molecular weight is 491 g/mol. The maximum absolute atomic E-state index is 13.3. The molecule has 3 aromatic carbocycles. The summed E-state index contributed by atoms with van der Waals surface area (Å²) in [4.78, 5) is 39.5. The van der Waals surface area contributed by atoms with E-state index >= 15 is 0 Å². The van der Waals surface area contributed by atoms with E-state index in [0.717, 1.165) is 0 Å². The number of ketones is 2. The fraction of sp³-hybridized carbons (Fsp3) is 0.192. The molecule has 1 N–H and O–H groups in total. The van der Waals surface area contributed by atoms with E-state index in [1.165, 1.54) is 23.5 Å². The zero-order chi connectivity index (χ0) is 24.7. The molecule has 1 aliphatic carbocycles. The first-order chi connectivity index (χ1) is 16.8. The molecule has 35 heavy (non-hydrogen) atoms. The van der Waals surface area contributed by atoms with Gasteiger partial charge in [0.1, 0.15) is 11.8 Å². The molecule has 0 aromatic heterocycles. The molecule has 8 nitrogen and oxygen atoms in total. The predicted molar refractivity (Wildman–Crippen MR) is 128 cm³/mol. The Kier molecular flexibility index (Phi) is 5.74. The lowest BCUT2D eigenvalue weighted by molar-refractivity contribution is -0.119. The zero-order valence-electron chi connectivity index (χ0n) is 18.9. The third kappa shape index (κ3) is 3.82. The van der Waals surface area contributed by atoms with Crippen molar-refractivity contribution >= 4 is 33.2 Å². The topological polar surface area (TPSA) is 110 Å². The molecule has 1 saturated heterocycles. The lowest BCUT2D eigenvalue weighted by Crippen LogP contribution is -2.43. The first-order valence-electron chi connectivity index (χ1n) is 11.1. The van der Waals surface area contributed by atoms with Crippen molar-refractivity contribution in [1.29, 1.82) is 0 Å². The fourth-order valence-corrected chi connectivity index (χ4v) is 6.29. The van der Waals surface area contributed by atoms with Crippen molar-refractivity contribution in [2.45, 2.75) is 23.8 Å². The molecule has 3 aromatic rings. The molecule has 0 bridgehead atoms. The second-order valence-corrected chi connectivity index (χ2v) is 10.3. The minimum Gasteiger partial charge on any atom is -0.497 e. The molecule has 1 atom stereocenters. The highest BCUT2D eigenvalue weighted by atomic mass is 32.2. The summed E-state index contributed by atoms with van der Waals surface area (Å²) in [5, 5.41) is 2.73. The molecule has 9 heteroatoms. The summed E-state index contributed by atoms with van der Waals surface area (Å²) in [7, 11) is -2.44. The van der Waals surface area contributed by atoms with Crippen molar-refractivity contribution in [2.24, 2.45) is 0 Å². The standard InChI is InChI=1S/C26H22N2O6S/c1-34-16-11-13-17(14-12-16)35(32,33)28-15-5-10-22(28)26(31)27-21-9-4-8-20-23(21)25(30)19-7-3-2-6-18(19)24(20)29/h2-4,6-9,11-14,22H,5,10,15H2,1H3,(H,27,31). The number of carbonyl (C=O) groups is 3. The zero-order valence-corrected chi connectivity index (χ0v) is 19.7. The van der Waals surface area contributed by atoms with Gasteiger partial charge in [-0.05, 0) is 43.2 Å². The Morgan fingerprint density at radius 3 is 2.26 bits per heavy atom. The SMILES string of the molecule is COc1ccc(S(=O)(=O)N2CCCC2C(=O)Nc2cccc3c2C(=O)c2ccccc2C3=O)cc1. The number of carbonyl (C=O) groups excluding carboxylic acids is 3. The molecule has 1 aliphatic heterocycles. The fourth-order valence-electron chi connectivity index (χ4n) is 4.64. The van der Waals surface area contributed by atoms with Crippen LogP contribution in [0.15, 0.2) is 71.6 Å². The van der Waals surface area contributed by atoms with Crippen LogP contribution in [0.2, 0.25) is 0 Å². The highest BCUT2D eigenvalue weighted by Gasteiger charge is 2.40. The van der Waals surface area contributed by atoms with Crippen molar-refractivity contribution in [3.8, 4) is 5.75 Å². The second kappa shape index (κ2) is 8.75. The average Bonchev–Trinajstić information content (AvgIpc) is 3.38. The largest absolute Gasteiger partial charge is 0.497 e. The minimum atomic E-state index is -3.93. The Labute approximate surface area is 202 Å². The summed E-state index contributed by atoms with van der Waals surface area (Å²) in [6.07, 6.45) is 0.858. The third-order valence-electron chi connectivity index (χ3n) is 6.38. The van der Waals surface area contributed by atoms with Gasteiger partial charge in [-0.25, -0.2) is 8.42 Å². The molecule has 0 radical (unpaired) electrons. The van der Waals surface area contributed by atoms with Crippen LogP contribution >= 0.6 is 0 Å². The molecule has 2 aliphatic rings. The molecule has 1 heterocycles. The summed E-state index contributed by atoms with van der Waals surface area (Å²) < 4.78 is 32.8. The van der Waals surface area contributed by atoms with Gasteiger partial charge in [-0.2, -0.15) is 4.31 Å². The Balaban J connectivity index is 1.44. The predicted octanol–water partition coefficient (Wildman–Crippen LogP) is 3.26. The molecule has 1 unspecified atom stereocenters. The quantitative estimate of drug-likeness (QED) is 0.460. The number of nitrogens with zero attached hydrogens (tertiary/aromatic N) is 1. The number of methoxy groups -OCH3 is 1. The van der Waals surface area contributed by atoms with Crippen molar-refractivity contribution in [3.63, 3.8) is 0 Å². The second-order valence-electron chi connectivity index (χ2n) is 8.37. The number of anilines is 1. The number of fused-ring (bicyclic) bond motifs is 2.